The predicted molar refractivity (Wildman–Crippen MR) is 96.8 cm³/mol. The number of nitrogens with zero attached hydrogens (tertiary/aromatic N) is 1. The highest BCUT2D eigenvalue weighted by molar-refractivity contribution is 5.85. The third-order valence-electron chi connectivity index (χ3n) is 7.03. The van der Waals surface area contributed by atoms with E-state index in [9.17, 15) is 14.4 Å². The Kier molecular flexibility index (Phi) is 4.91. The summed E-state index contributed by atoms with van der Waals surface area (Å²) in [5.41, 5.74) is 0.157. The summed E-state index contributed by atoms with van der Waals surface area (Å²) >= 11 is 0. The van der Waals surface area contributed by atoms with Crippen molar-refractivity contribution >= 4 is 17.8 Å². The third kappa shape index (κ3) is 3.98. The fraction of sp³-hybridized carbons (Fsp3) is 0.850. The van der Waals surface area contributed by atoms with Crippen molar-refractivity contribution in [2.45, 2.75) is 64.1 Å². The highest BCUT2D eigenvalue weighted by Gasteiger charge is 2.51. The molecule has 0 aromatic carbocycles. The lowest BCUT2D eigenvalue weighted by Gasteiger charge is -2.56. The van der Waals surface area contributed by atoms with E-state index < -0.39 is 12.1 Å². The van der Waals surface area contributed by atoms with E-state index in [0.29, 0.717) is 13.0 Å². The number of ether oxygens (including phenoxy) is 1. The molecular weight excluding hydrogens is 348 g/mol. The molecule has 0 radical (unpaired) electrons. The monoisotopic (exact) mass is 378 g/mol. The van der Waals surface area contributed by atoms with Crippen LogP contribution >= 0.6 is 0 Å². The van der Waals surface area contributed by atoms with Crippen LogP contribution in [0.2, 0.25) is 0 Å². The number of nitrogens with one attached hydrogen (secondary N) is 1. The third-order valence-corrected chi connectivity index (χ3v) is 7.03. The summed E-state index contributed by atoms with van der Waals surface area (Å²) in [5, 5.41) is 11.9. The van der Waals surface area contributed by atoms with Gasteiger partial charge in [-0.25, -0.2) is 4.79 Å². The van der Waals surface area contributed by atoms with Crippen LogP contribution < -0.4 is 5.32 Å². The minimum Gasteiger partial charge on any atom is -0.479 e. The number of amides is 2. The van der Waals surface area contributed by atoms with Gasteiger partial charge in [-0.2, -0.15) is 0 Å². The molecule has 150 valence electrons. The second kappa shape index (κ2) is 7.08. The molecule has 1 unspecified atom stereocenters. The Bertz CT molecular complexity index is 599. The smallest absolute Gasteiger partial charge is 0.334 e. The van der Waals surface area contributed by atoms with Crippen LogP contribution in [-0.4, -0.2) is 59.6 Å². The average Bonchev–Trinajstić information content (AvgIpc) is 2.57. The van der Waals surface area contributed by atoms with Crippen molar-refractivity contribution in [1.82, 2.24) is 10.2 Å². The second-order valence-electron chi connectivity index (χ2n) is 9.44. The van der Waals surface area contributed by atoms with Gasteiger partial charge in [-0.05, 0) is 68.6 Å². The summed E-state index contributed by atoms with van der Waals surface area (Å²) in [6, 6.07) is 0. The molecular formula is C20H30N2O5. The maximum Gasteiger partial charge on any atom is 0.334 e. The van der Waals surface area contributed by atoms with Crippen molar-refractivity contribution in [3.8, 4) is 0 Å². The molecule has 4 aliphatic carbocycles. The van der Waals surface area contributed by atoms with Crippen LogP contribution in [0.4, 0.5) is 0 Å². The summed E-state index contributed by atoms with van der Waals surface area (Å²) in [6.07, 6.45) is 6.75. The van der Waals surface area contributed by atoms with Crippen LogP contribution in [0, 0.1) is 23.2 Å². The van der Waals surface area contributed by atoms with Gasteiger partial charge in [0.15, 0.2) is 6.10 Å². The fourth-order valence-electron chi connectivity index (χ4n) is 6.49. The molecule has 7 heteroatoms. The minimum atomic E-state index is -1.06. The first-order chi connectivity index (χ1) is 12.8. The Morgan fingerprint density at radius 2 is 1.67 bits per heavy atom. The SMILES string of the molecule is C[C@@H]1CN(C(=O)CNC(=O)CC23CC4CC(CC(C4)C2)C3)CC(C(=O)O)O1. The van der Waals surface area contributed by atoms with Crippen LogP contribution in [0.5, 0.6) is 0 Å². The molecule has 5 fully saturated rings. The number of carboxylic acid groups (broad SMARTS) is 1. The lowest BCUT2D eigenvalue weighted by molar-refractivity contribution is -0.166. The molecule has 2 atom stereocenters. The van der Waals surface area contributed by atoms with E-state index in [0.717, 1.165) is 17.8 Å². The van der Waals surface area contributed by atoms with Gasteiger partial charge in [0.2, 0.25) is 11.8 Å². The molecule has 1 heterocycles. The molecule has 0 aromatic rings. The summed E-state index contributed by atoms with van der Waals surface area (Å²) in [6.45, 7) is 2.07. The Morgan fingerprint density at radius 3 is 2.22 bits per heavy atom. The highest BCUT2D eigenvalue weighted by Crippen LogP contribution is 2.61. The van der Waals surface area contributed by atoms with E-state index >= 15 is 0 Å². The van der Waals surface area contributed by atoms with Gasteiger partial charge in [0.25, 0.3) is 0 Å². The van der Waals surface area contributed by atoms with E-state index in [1.807, 2.05) is 0 Å². The maximum absolute atomic E-state index is 12.6. The van der Waals surface area contributed by atoms with Crippen LogP contribution in [0.1, 0.15) is 51.9 Å². The van der Waals surface area contributed by atoms with Gasteiger partial charge < -0.3 is 20.1 Å². The van der Waals surface area contributed by atoms with Crippen molar-refractivity contribution in [3.63, 3.8) is 0 Å². The summed E-state index contributed by atoms with van der Waals surface area (Å²) in [4.78, 5) is 37.6. The Labute approximate surface area is 159 Å². The number of rotatable bonds is 5. The van der Waals surface area contributed by atoms with Crippen molar-refractivity contribution in [3.05, 3.63) is 0 Å². The number of hydrogen-bond donors (Lipinski definition) is 2. The molecule has 5 rings (SSSR count). The molecule has 1 aliphatic heterocycles. The number of morpholine rings is 1. The zero-order valence-electron chi connectivity index (χ0n) is 16.0. The second-order valence-corrected chi connectivity index (χ2v) is 9.44. The molecule has 4 saturated carbocycles. The summed E-state index contributed by atoms with van der Waals surface area (Å²) in [7, 11) is 0. The van der Waals surface area contributed by atoms with E-state index in [4.69, 9.17) is 9.84 Å². The topological polar surface area (TPSA) is 95.9 Å². The quantitative estimate of drug-likeness (QED) is 0.754. The molecule has 2 N–H and O–H groups in total. The van der Waals surface area contributed by atoms with Crippen molar-refractivity contribution in [1.29, 1.82) is 0 Å². The largest absolute Gasteiger partial charge is 0.479 e. The maximum atomic E-state index is 12.6. The van der Waals surface area contributed by atoms with Crippen LogP contribution in [0.15, 0.2) is 0 Å². The number of aliphatic carboxylic acids is 1. The molecule has 0 aromatic heterocycles. The van der Waals surface area contributed by atoms with Crippen molar-refractivity contribution < 1.29 is 24.2 Å². The van der Waals surface area contributed by atoms with Crippen LogP contribution in [0.25, 0.3) is 0 Å². The van der Waals surface area contributed by atoms with Gasteiger partial charge in [-0.1, -0.05) is 0 Å². The van der Waals surface area contributed by atoms with Crippen molar-refractivity contribution in [2.75, 3.05) is 19.6 Å². The summed E-state index contributed by atoms with van der Waals surface area (Å²) < 4.78 is 5.33. The van der Waals surface area contributed by atoms with Crippen LogP contribution in [-0.2, 0) is 19.1 Å². The van der Waals surface area contributed by atoms with Crippen molar-refractivity contribution in [2.24, 2.45) is 23.2 Å². The molecule has 7 nitrogen and oxygen atoms in total. The first-order valence-electron chi connectivity index (χ1n) is 10.2. The number of hydrogen-bond acceptors (Lipinski definition) is 4. The van der Waals surface area contributed by atoms with Gasteiger partial charge >= 0.3 is 5.97 Å². The zero-order chi connectivity index (χ0) is 19.2. The molecule has 0 spiro atoms. The number of carbonyl (C=O) groups excluding carboxylic acids is 2. The van der Waals surface area contributed by atoms with E-state index in [1.54, 1.807) is 6.92 Å². The Morgan fingerprint density at radius 1 is 1.07 bits per heavy atom. The lowest BCUT2D eigenvalue weighted by Crippen LogP contribution is -2.54. The van der Waals surface area contributed by atoms with E-state index in [2.05, 4.69) is 5.32 Å². The van der Waals surface area contributed by atoms with Crippen LogP contribution in [0.3, 0.4) is 0 Å². The highest BCUT2D eigenvalue weighted by atomic mass is 16.5. The van der Waals surface area contributed by atoms with Gasteiger partial charge in [-0.3, -0.25) is 9.59 Å². The molecule has 4 bridgehead atoms. The number of carboxylic acids is 1. The molecule has 1 saturated heterocycles. The molecule has 2 amide bonds. The Hall–Kier alpha value is -1.63. The normalized spacial score (nSPS) is 40.0. The molecule has 27 heavy (non-hydrogen) atoms. The van der Waals surface area contributed by atoms with Gasteiger partial charge in [-0.15, -0.1) is 0 Å². The van der Waals surface area contributed by atoms with E-state index in [-0.39, 0.29) is 36.4 Å². The average molecular weight is 378 g/mol. The first-order valence-corrected chi connectivity index (χ1v) is 10.2. The first kappa shape index (κ1) is 18.7. The van der Waals surface area contributed by atoms with Gasteiger partial charge in [0, 0.05) is 13.0 Å². The lowest BCUT2D eigenvalue weighted by atomic mass is 9.49. The van der Waals surface area contributed by atoms with E-state index in [1.165, 1.54) is 43.4 Å². The summed E-state index contributed by atoms with van der Waals surface area (Å²) in [5.74, 6) is 1.05. The number of carbonyl (C=O) groups is 3. The predicted octanol–water partition coefficient (Wildman–Crippen LogP) is 1.41. The molecule has 5 aliphatic rings. The zero-order valence-corrected chi connectivity index (χ0v) is 16.0. The Balaban J connectivity index is 1.28. The minimum absolute atomic E-state index is 0.0311. The van der Waals surface area contributed by atoms with Gasteiger partial charge in [0.05, 0.1) is 19.2 Å². The van der Waals surface area contributed by atoms with Gasteiger partial charge in [0.1, 0.15) is 0 Å². The standard InChI is InChI=1S/C20H30N2O5/c1-12-10-22(11-16(27-12)19(25)26)18(24)9-21-17(23)8-20-5-13-2-14(6-20)4-15(3-13)7-20/h12-16H,2-11H2,1H3,(H,21,23)(H,25,26)/t12-,13?,14?,15?,16?,20?/m1/s1. The fourth-order valence-corrected chi connectivity index (χ4v) is 6.49.